The number of likely N-dealkylation sites (tertiary alicyclic amines) is 1. The molecule has 2 aliphatic heterocycles. The number of carbonyl (C=O) groups is 1. The Kier molecular flexibility index (Phi) is 4.76. The van der Waals surface area contributed by atoms with E-state index in [2.05, 4.69) is 24.4 Å². The summed E-state index contributed by atoms with van der Waals surface area (Å²) in [4.78, 5) is 14.2. The Bertz CT molecular complexity index is 490. The summed E-state index contributed by atoms with van der Waals surface area (Å²) in [6, 6.07) is 10.3. The minimum atomic E-state index is -0.415. The van der Waals surface area contributed by atoms with Crippen LogP contribution >= 0.6 is 0 Å². The van der Waals surface area contributed by atoms with Gasteiger partial charge < -0.3 is 19.7 Å². The Balaban J connectivity index is 1.45. The molecule has 1 aromatic carbocycles. The predicted octanol–water partition coefficient (Wildman–Crippen LogP) is 1.70. The molecular formula is C17H24N2O3. The van der Waals surface area contributed by atoms with Crippen molar-refractivity contribution in [3.05, 3.63) is 35.9 Å². The van der Waals surface area contributed by atoms with Crippen molar-refractivity contribution in [1.29, 1.82) is 0 Å². The van der Waals surface area contributed by atoms with Crippen molar-refractivity contribution in [2.24, 2.45) is 0 Å². The molecule has 2 saturated heterocycles. The summed E-state index contributed by atoms with van der Waals surface area (Å²) in [5, 5.41) is 3.30. The fraction of sp³-hybridized carbons (Fsp3) is 0.588. The van der Waals surface area contributed by atoms with Gasteiger partial charge >= 0.3 is 0 Å². The molecular weight excluding hydrogens is 280 g/mol. The Labute approximate surface area is 131 Å². The summed E-state index contributed by atoms with van der Waals surface area (Å²) in [6.45, 7) is 5.20. The Morgan fingerprint density at radius 3 is 2.50 bits per heavy atom. The number of piperidine rings is 1. The second-order valence-electron chi connectivity index (χ2n) is 6.00. The molecule has 22 heavy (non-hydrogen) atoms. The van der Waals surface area contributed by atoms with Crippen LogP contribution in [-0.2, 0) is 14.3 Å². The van der Waals surface area contributed by atoms with Gasteiger partial charge in [-0.3, -0.25) is 4.79 Å². The summed E-state index contributed by atoms with van der Waals surface area (Å²) in [7, 11) is 0. The first-order valence-corrected chi connectivity index (χ1v) is 8.03. The number of carbonyl (C=O) groups excluding carboxylic acids is 1. The molecule has 2 aliphatic rings. The molecule has 0 radical (unpaired) electrons. The quantitative estimate of drug-likeness (QED) is 0.920. The molecule has 1 atom stereocenters. The van der Waals surface area contributed by atoms with Gasteiger partial charge in [-0.25, -0.2) is 0 Å². The summed E-state index contributed by atoms with van der Waals surface area (Å²) < 4.78 is 11.4. The first kappa shape index (κ1) is 15.5. The number of amides is 1. The molecule has 1 aromatic rings. The zero-order valence-corrected chi connectivity index (χ0v) is 13.1. The van der Waals surface area contributed by atoms with Crippen LogP contribution < -0.4 is 5.32 Å². The average molecular weight is 304 g/mol. The van der Waals surface area contributed by atoms with Crippen LogP contribution in [0.1, 0.15) is 31.4 Å². The van der Waals surface area contributed by atoms with Crippen molar-refractivity contribution in [2.75, 3.05) is 32.8 Å². The van der Waals surface area contributed by atoms with Gasteiger partial charge in [0, 0.05) is 32.0 Å². The Morgan fingerprint density at radius 1 is 1.23 bits per heavy atom. The highest BCUT2D eigenvalue weighted by molar-refractivity contribution is 5.78. The van der Waals surface area contributed by atoms with Gasteiger partial charge in [-0.05, 0) is 12.5 Å². The summed E-state index contributed by atoms with van der Waals surface area (Å²) in [5.74, 6) is -0.266. The molecule has 1 amide bonds. The number of nitrogens with one attached hydrogen (secondary N) is 1. The number of ether oxygens (including phenoxy) is 2. The third kappa shape index (κ3) is 3.48. The topological polar surface area (TPSA) is 50.8 Å². The van der Waals surface area contributed by atoms with Crippen LogP contribution in [0.4, 0.5) is 0 Å². The van der Waals surface area contributed by atoms with E-state index in [9.17, 15) is 4.79 Å². The first-order chi connectivity index (χ1) is 10.7. The minimum Gasteiger partial charge on any atom is -0.347 e. The predicted molar refractivity (Wildman–Crippen MR) is 83.3 cm³/mol. The highest BCUT2D eigenvalue weighted by Gasteiger charge is 2.40. The molecule has 5 nitrogen and oxygen atoms in total. The third-order valence-electron chi connectivity index (χ3n) is 4.55. The lowest BCUT2D eigenvalue weighted by atomic mass is 10.0. The van der Waals surface area contributed by atoms with Gasteiger partial charge in [-0.1, -0.05) is 30.3 Å². The second-order valence-corrected chi connectivity index (χ2v) is 6.00. The van der Waals surface area contributed by atoms with Gasteiger partial charge in [0.2, 0.25) is 5.91 Å². The van der Waals surface area contributed by atoms with Gasteiger partial charge in [-0.15, -0.1) is 0 Å². The molecule has 1 unspecified atom stereocenters. The highest BCUT2D eigenvalue weighted by atomic mass is 16.7. The van der Waals surface area contributed by atoms with E-state index < -0.39 is 5.79 Å². The zero-order chi connectivity index (χ0) is 15.4. The van der Waals surface area contributed by atoms with Crippen LogP contribution in [0.3, 0.4) is 0 Å². The van der Waals surface area contributed by atoms with Gasteiger partial charge in [0.1, 0.15) is 0 Å². The maximum absolute atomic E-state index is 12.3. The monoisotopic (exact) mass is 304 g/mol. The molecule has 5 heteroatoms. The molecule has 1 N–H and O–H groups in total. The van der Waals surface area contributed by atoms with Crippen LogP contribution in [0, 0.1) is 0 Å². The molecule has 3 rings (SSSR count). The lowest BCUT2D eigenvalue weighted by Gasteiger charge is -2.37. The third-order valence-corrected chi connectivity index (χ3v) is 4.55. The Morgan fingerprint density at radius 2 is 1.86 bits per heavy atom. The zero-order valence-electron chi connectivity index (χ0n) is 13.1. The van der Waals surface area contributed by atoms with Crippen molar-refractivity contribution in [3.8, 4) is 0 Å². The largest absolute Gasteiger partial charge is 0.347 e. The fourth-order valence-corrected chi connectivity index (χ4v) is 3.09. The maximum Gasteiger partial charge on any atom is 0.236 e. The standard InChI is InChI=1S/C17H24N2O3/c1-14(15-5-3-2-4-6-15)18-13-16(20)19-9-7-17(8-10-19)21-11-12-22-17/h2-6,14,18H,7-13H2,1H3. The number of rotatable bonds is 4. The Hall–Kier alpha value is -1.43. The molecule has 2 heterocycles. The molecule has 1 spiro atoms. The van der Waals surface area contributed by atoms with Crippen molar-refractivity contribution >= 4 is 5.91 Å². The second kappa shape index (κ2) is 6.77. The van der Waals surface area contributed by atoms with Crippen molar-refractivity contribution in [3.63, 3.8) is 0 Å². The van der Waals surface area contributed by atoms with E-state index in [-0.39, 0.29) is 11.9 Å². The van der Waals surface area contributed by atoms with Gasteiger partial charge in [0.15, 0.2) is 5.79 Å². The van der Waals surface area contributed by atoms with Gasteiger partial charge in [0.25, 0.3) is 0 Å². The summed E-state index contributed by atoms with van der Waals surface area (Å²) in [5.41, 5.74) is 1.20. The van der Waals surface area contributed by atoms with Crippen LogP contribution in [0.2, 0.25) is 0 Å². The maximum atomic E-state index is 12.3. The highest BCUT2D eigenvalue weighted by Crippen LogP contribution is 2.31. The lowest BCUT2D eigenvalue weighted by molar-refractivity contribution is -0.187. The SMILES string of the molecule is CC(NCC(=O)N1CCC2(CC1)OCCO2)c1ccccc1. The van der Waals surface area contributed by atoms with Crippen LogP contribution in [0.5, 0.6) is 0 Å². The van der Waals surface area contributed by atoms with E-state index >= 15 is 0 Å². The lowest BCUT2D eigenvalue weighted by Crippen LogP contribution is -2.49. The summed E-state index contributed by atoms with van der Waals surface area (Å²) >= 11 is 0. The molecule has 2 fully saturated rings. The van der Waals surface area contributed by atoms with Gasteiger partial charge in [-0.2, -0.15) is 0 Å². The fourth-order valence-electron chi connectivity index (χ4n) is 3.09. The van der Waals surface area contributed by atoms with Crippen LogP contribution in [0.25, 0.3) is 0 Å². The summed E-state index contributed by atoms with van der Waals surface area (Å²) in [6.07, 6.45) is 1.54. The molecule has 120 valence electrons. The molecule has 0 aliphatic carbocycles. The number of hydrogen-bond donors (Lipinski definition) is 1. The first-order valence-electron chi connectivity index (χ1n) is 8.03. The van der Waals surface area contributed by atoms with Crippen molar-refractivity contribution < 1.29 is 14.3 Å². The average Bonchev–Trinajstić information content (AvgIpc) is 3.02. The van der Waals surface area contributed by atoms with E-state index in [0.717, 1.165) is 12.8 Å². The van der Waals surface area contributed by atoms with Crippen LogP contribution in [0.15, 0.2) is 30.3 Å². The van der Waals surface area contributed by atoms with E-state index in [0.29, 0.717) is 32.8 Å². The normalized spacial score (nSPS) is 22.0. The van der Waals surface area contributed by atoms with E-state index in [1.165, 1.54) is 5.56 Å². The van der Waals surface area contributed by atoms with Crippen molar-refractivity contribution in [1.82, 2.24) is 10.2 Å². The number of nitrogens with zero attached hydrogens (tertiary/aromatic N) is 1. The smallest absolute Gasteiger partial charge is 0.236 e. The van der Waals surface area contributed by atoms with E-state index in [1.807, 2.05) is 23.1 Å². The molecule has 0 aromatic heterocycles. The van der Waals surface area contributed by atoms with Crippen molar-refractivity contribution in [2.45, 2.75) is 31.6 Å². The molecule has 0 saturated carbocycles. The number of benzene rings is 1. The van der Waals surface area contributed by atoms with Gasteiger partial charge in [0.05, 0.1) is 19.8 Å². The van der Waals surface area contributed by atoms with E-state index in [1.54, 1.807) is 0 Å². The van der Waals surface area contributed by atoms with E-state index in [4.69, 9.17) is 9.47 Å². The molecule has 0 bridgehead atoms. The van der Waals surface area contributed by atoms with Crippen LogP contribution in [-0.4, -0.2) is 49.4 Å². The minimum absolute atomic E-state index is 0.149. The number of hydrogen-bond acceptors (Lipinski definition) is 4.